The van der Waals surface area contributed by atoms with Gasteiger partial charge in [-0.2, -0.15) is 0 Å². The van der Waals surface area contributed by atoms with Crippen LogP contribution in [-0.2, 0) is 11.2 Å². The predicted octanol–water partition coefficient (Wildman–Crippen LogP) is 0.841. The lowest BCUT2D eigenvalue weighted by atomic mass is 10.0. The fraction of sp³-hybridized carbons (Fsp3) is 0.545. The van der Waals surface area contributed by atoms with Crippen LogP contribution in [0.2, 0.25) is 0 Å². The minimum Gasteiger partial charge on any atom is -0.481 e. The van der Waals surface area contributed by atoms with Crippen LogP contribution in [0.3, 0.4) is 0 Å². The zero-order valence-electron chi connectivity index (χ0n) is 9.09. The van der Waals surface area contributed by atoms with Crippen LogP contribution < -0.4 is 5.56 Å². The molecule has 5 heteroatoms. The molecule has 2 rings (SSSR count). The standard InChI is InChI=1S/C11H14N2O3/c1-7(11(15)16)4-8-5-12-6-13(10(8)14)9-2-3-9/h5-7,9H,2-4H2,1H3,(H,15,16). The molecule has 0 saturated heterocycles. The number of aliphatic carboxylic acids is 1. The molecule has 1 aliphatic carbocycles. The van der Waals surface area contributed by atoms with Crippen LogP contribution in [0, 0.1) is 5.92 Å². The van der Waals surface area contributed by atoms with Gasteiger partial charge in [0.25, 0.3) is 5.56 Å². The largest absolute Gasteiger partial charge is 0.481 e. The summed E-state index contributed by atoms with van der Waals surface area (Å²) in [7, 11) is 0. The van der Waals surface area contributed by atoms with Gasteiger partial charge in [0.2, 0.25) is 0 Å². The van der Waals surface area contributed by atoms with E-state index in [1.54, 1.807) is 11.5 Å². The molecular formula is C11H14N2O3. The molecule has 0 bridgehead atoms. The number of aromatic nitrogens is 2. The van der Waals surface area contributed by atoms with Gasteiger partial charge < -0.3 is 5.11 Å². The summed E-state index contributed by atoms with van der Waals surface area (Å²) in [6.45, 7) is 1.59. The minimum atomic E-state index is -0.888. The van der Waals surface area contributed by atoms with Gasteiger partial charge in [0, 0.05) is 17.8 Å². The van der Waals surface area contributed by atoms with E-state index < -0.39 is 11.9 Å². The molecular weight excluding hydrogens is 208 g/mol. The smallest absolute Gasteiger partial charge is 0.306 e. The average Bonchev–Trinajstić information content (AvgIpc) is 3.04. The fourth-order valence-corrected chi connectivity index (χ4v) is 1.64. The molecule has 1 fully saturated rings. The number of nitrogens with zero attached hydrogens (tertiary/aromatic N) is 2. The van der Waals surface area contributed by atoms with Crippen molar-refractivity contribution in [2.24, 2.45) is 5.92 Å². The highest BCUT2D eigenvalue weighted by Crippen LogP contribution is 2.32. The topological polar surface area (TPSA) is 72.2 Å². The second-order valence-corrected chi connectivity index (χ2v) is 4.31. The highest BCUT2D eigenvalue weighted by molar-refractivity contribution is 5.69. The van der Waals surface area contributed by atoms with Crippen LogP contribution in [-0.4, -0.2) is 20.6 Å². The van der Waals surface area contributed by atoms with Crippen molar-refractivity contribution in [3.05, 3.63) is 28.4 Å². The molecule has 1 atom stereocenters. The Morgan fingerprint density at radius 3 is 2.94 bits per heavy atom. The van der Waals surface area contributed by atoms with Crippen molar-refractivity contribution in [2.75, 3.05) is 0 Å². The first-order chi connectivity index (χ1) is 7.59. The molecule has 0 aliphatic heterocycles. The van der Waals surface area contributed by atoms with E-state index in [1.165, 1.54) is 12.5 Å². The zero-order chi connectivity index (χ0) is 11.7. The predicted molar refractivity (Wildman–Crippen MR) is 57.3 cm³/mol. The molecule has 0 amide bonds. The van der Waals surface area contributed by atoms with Crippen molar-refractivity contribution < 1.29 is 9.90 Å². The normalized spacial score (nSPS) is 17.1. The van der Waals surface area contributed by atoms with Crippen molar-refractivity contribution in [3.8, 4) is 0 Å². The molecule has 0 radical (unpaired) electrons. The van der Waals surface area contributed by atoms with Gasteiger partial charge in [-0.05, 0) is 19.3 Å². The van der Waals surface area contributed by atoms with E-state index in [-0.39, 0.29) is 18.0 Å². The number of carboxylic acid groups (broad SMARTS) is 1. The second-order valence-electron chi connectivity index (χ2n) is 4.31. The van der Waals surface area contributed by atoms with Crippen molar-refractivity contribution in [2.45, 2.75) is 32.2 Å². The Bertz CT molecular complexity index is 463. The Morgan fingerprint density at radius 1 is 1.69 bits per heavy atom. The molecule has 0 aromatic carbocycles. The molecule has 1 heterocycles. The van der Waals surface area contributed by atoms with E-state index in [0.717, 1.165) is 12.8 Å². The zero-order valence-corrected chi connectivity index (χ0v) is 9.09. The lowest BCUT2D eigenvalue weighted by molar-refractivity contribution is -0.141. The summed E-state index contributed by atoms with van der Waals surface area (Å²) in [4.78, 5) is 26.6. The Kier molecular flexibility index (Phi) is 2.77. The lowest BCUT2D eigenvalue weighted by Gasteiger charge is -2.08. The third-order valence-corrected chi connectivity index (χ3v) is 2.82. The number of hydrogen-bond acceptors (Lipinski definition) is 3. The second kappa shape index (κ2) is 4.08. The van der Waals surface area contributed by atoms with Gasteiger partial charge in [0.1, 0.15) is 0 Å². The van der Waals surface area contributed by atoms with Gasteiger partial charge in [0.15, 0.2) is 0 Å². The Hall–Kier alpha value is -1.65. The Morgan fingerprint density at radius 2 is 2.38 bits per heavy atom. The van der Waals surface area contributed by atoms with Gasteiger partial charge in [0.05, 0.1) is 12.2 Å². The monoisotopic (exact) mass is 222 g/mol. The molecule has 1 saturated carbocycles. The van der Waals surface area contributed by atoms with Crippen LogP contribution in [0.15, 0.2) is 17.3 Å². The highest BCUT2D eigenvalue weighted by Gasteiger charge is 2.25. The average molecular weight is 222 g/mol. The van der Waals surface area contributed by atoms with Crippen LogP contribution in [0.5, 0.6) is 0 Å². The molecule has 86 valence electrons. The van der Waals surface area contributed by atoms with Crippen molar-refractivity contribution in [1.82, 2.24) is 9.55 Å². The number of rotatable bonds is 4. The molecule has 1 unspecified atom stereocenters. The van der Waals surface area contributed by atoms with Crippen molar-refractivity contribution in [3.63, 3.8) is 0 Å². The summed E-state index contributed by atoms with van der Waals surface area (Å²) in [5.74, 6) is -1.44. The molecule has 1 aromatic heterocycles. The summed E-state index contributed by atoms with van der Waals surface area (Å²) >= 11 is 0. The maximum atomic E-state index is 11.9. The molecule has 0 spiro atoms. The molecule has 5 nitrogen and oxygen atoms in total. The number of hydrogen-bond donors (Lipinski definition) is 1. The summed E-state index contributed by atoms with van der Waals surface area (Å²) in [6, 6.07) is 0.278. The van der Waals surface area contributed by atoms with E-state index in [9.17, 15) is 9.59 Å². The fourth-order valence-electron chi connectivity index (χ4n) is 1.64. The van der Waals surface area contributed by atoms with Crippen LogP contribution in [0.4, 0.5) is 0 Å². The van der Waals surface area contributed by atoms with Crippen molar-refractivity contribution >= 4 is 5.97 Å². The minimum absolute atomic E-state index is 0.0920. The molecule has 1 aromatic rings. The van der Waals surface area contributed by atoms with Gasteiger partial charge in [-0.25, -0.2) is 4.98 Å². The summed E-state index contributed by atoms with van der Waals surface area (Å²) in [5, 5.41) is 8.80. The third-order valence-electron chi connectivity index (χ3n) is 2.82. The lowest BCUT2D eigenvalue weighted by Crippen LogP contribution is -2.26. The first kappa shape index (κ1) is 10.9. The molecule has 1 aliphatic rings. The third kappa shape index (κ3) is 2.13. The van der Waals surface area contributed by atoms with Crippen molar-refractivity contribution in [1.29, 1.82) is 0 Å². The molecule has 16 heavy (non-hydrogen) atoms. The van der Waals surface area contributed by atoms with Gasteiger partial charge >= 0.3 is 5.97 Å². The Labute approximate surface area is 92.7 Å². The first-order valence-corrected chi connectivity index (χ1v) is 5.37. The maximum Gasteiger partial charge on any atom is 0.306 e. The van der Waals surface area contributed by atoms with E-state index >= 15 is 0 Å². The maximum absolute atomic E-state index is 11.9. The van der Waals surface area contributed by atoms with E-state index in [4.69, 9.17) is 5.11 Å². The number of carboxylic acids is 1. The highest BCUT2D eigenvalue weighted by atomic mass is 16.4. The summed E-state index contributed by atoms with van der Waals surface area (Å²) in [5.41, 5.74) is 0.398. The van der Waals surface area contributed by atoms with Gasteiger partial charge in [-0.15, -0.1) is 0 Å². The summed E-state index contributed by atoms with van der Waals surface area (Å²) in [6.07, 6.45) is 5.28. The Balaban J connectivity index is 2.24. The van der Waals surface area contributed by atoms with Crippen LogP contribution >= 0.6 is 0 Å². The quantitative estimate of drug-likeness (QED) is 0.819. The van der Waals surface area contributed by atoms with Crippen LogP contribution in [0.1, 0.15) is 31.4 Å². The van der Waals surface area contributed by atoms with E-state index in [0.29, 0.717) is 5.56 Å². The van der Waals surface area contributed by atoms with Gasteiger partial charge in [-0.3, -0.25) is 14.2 Å². The van der Waals surface area contributed by atoms with E-state index in [1.807, 2.05) is 0 Å². The van der Waals surface area contributed by atoms with Gasteiger partial charge in [-0.1, -0.05) is 6.92 Å². The summed E-state index contributed by atoms with van der Waals surface area (Å²) < 4.78 is 1.61. The SMILES string of the molecule is CC(Cc1cncn(C2CC2)c1=O)C(=O)O. The van der Waals surface area contributed by atoms with Crippen LogP contribution in [0.25, 0.3) is 0 Å². The molecule has 1 N–H and O–H groups in total. The van der Waals surface area contributed by atoms with E-state index in [2.05, 4.69) is 4.98 Å². The first-order valence-electron chi connectivity index (χ1n) is 5.37. The number of carbonyl (C=O) groups is 1.